The number of carbonyl (C=O) groups excluding carboxylic acids is 1. The molecule has 9 heteroatoms. The van der Waals surface area contributed by atoms with Gasteiger partial charge in [-0.05, 0) is 31.5 Å². The number of fused-ring (bicyclic) bond motifs is 1. The number of ether oxygens (including phenoxy) is 1. The second-order valence-corrected chi connectivity index (χ2v) is 7.18. The molecule has 0 unspecified atom stereocenters. The van der Waals surface area contributed by atoms with E-state index in [1.807, 2.05) is 25.1 Å². The molecule has 28 heavy (non-hydrogen) atoms. The number of aliphatic carboxylic acids is 1. The van der Waals surface area contributed by atoms with Crippen LogP contribution < -0.4 is 4.90 Å². The van der Waals surface area contributed by atoms with Gasteiger partial charge in [0.25, 0.3) is 0 Å². The molecule has 0 aliphatic carbocycles. The summed E-state index contributed by atoms with van der Waals surface area (Å²) in [6.07, 6.45) is 2.22. The quantitative estimate of drug-likeness (QED) is 0.702. The molecule has 0 bridgehead atoms. The van der Waals surface area contributed by atoms with E-state index in [4.69, 9.17) is 9.84 Å². The van der Waals surface area contributed by atoms with E-state index in [0.717, 1.165) is 22.4 Å². The molecule has 0 saturated carbocycles. The van der Waals surface area contributed by atoms with Gasteiger partial charge in [-0.2, -0.15) is 0 Å². The summed E-state index contributed by atoms with van der Waals surface area (Å²) in [5.41, 5.74) is 2.31. The predicted octanol–water partition coefficient (Wildman–Crippen LogP) is 0.439. The smallest absolute Gasteiger partial charge is 0.329 e. The summed E-state index contributed by atoms with van der Waals surface area (Å²) in [5.74, 6) is -1.51. The Morgan fingerprint density at radius 3 is 2.86 bits per heavy atom. The van der Waals surface area contributed by atoms with Crippen LogP contribution in [0.4, 0.5) is 5.69 Å². The number of hydrogen-bond acceptors (Lipinski definition) is 7. The number of aryl methyl sites for hydroxylation is 1. The van der Waals surface area contributed by atoms with Gasteiger partial charge < -0.3 is 24.7 Å². The standard InChI is InChI=1S/C19H24N4O5/c1-13-3-4-14-18(21-13)15(5-7-20-14)23-8-6-19(27,12-23)11-22(2)16(24)9-28-10-17(25)26/h3-5,7,27H,6,8-12H2,1-2H3,(H,25,26)/t19-/m1/s1. The number of pyridine rings is 2. The normalized spacial score (nSPS) is 19.2. The van der Waals surface area contributed by atoms with Gasteiger partial charge in [-0.15, -0.1) is 0 Å². The van der Waals surface area contributed by atoms with E-state index >= 15 is 0 Å². The first kappa shape index (κ1) is 20.0. The van der Waals surface area contributed by atoms with E-state index in [0.29, 0.717) is 19.5 Å². The van der Waals surface area contributed by atoms with Gasteiger partial charge in [0, 0.05) is 32.0 Å². The van der Waals surface area contributed by atoms with Crippen LogP contribution in [0.2, 0.25) is 0 Å². The second kappa shape index (κ2) is 8.07. The highest BCUT2D eigenvalue weighted by Gasteiger charge is 2.38. The lowest BCUT2D eigenvalue weighted by Crippen LogP contribution is -2.46. The molecule has 0 radical (unpaired) electrons. The minimum atomic E-state index is -1.13. The van der Waals surface area contributed by atoms with E-state index in [1.165, 1.54) is 4.90 Å². The Balaban J connectivity index is 1.66. The number of aliphatic hydroxyl groups is 1. The maximum atomic E-state index is 12.1. The number of likely N-dealkylation sites (N-methyl/N-ethyl adjacent to an activating group) is 1. The van der Waals surface area contributed by atoms with Crippen LogP contribution in [0.15, 0.2) is 24.4 Å². The first-order chi connectivity index (χ1) is 13.3. The summed E-state index contributed by atoms with van der Waals surface area (Å²) in [6, 6.07) is 5.72. The van der Waals surface area contributed by atoms with Gasteiger partial charge in [0.1, 0.15) is 24.3 Å². The Morgan fingerprint density at radius 2 is 2.11 bits per heavy atom. The highest BCUT2D eigenvalue weighted by Crippen LogP contribution is 2.31. The lowest BCUT2D eigenvalue weighted by molar-refractivity contribution is -0.146. The summed E-state index contributed by atoms with van der Waals surface area (Å²) >= 11 is 0. The summed E-state index contributed by atoms with van der Waals surface area (Å²) in [6.45, 7) is 2.18. The number of amides is 1. The molecule has 1 atom stereocenters. The van der Waals surface area contributed by atoms with Crippen molar-refractivity contribution in [2.24, 2.45) is 0 Å². The summed E-state index contributed by atoms with van der Waals surface area (Å²) in [5, 5.41) is 19.5. The Hall–Kier alpha value is -2.78. The lowest BCUT2D eigenvalue weighted by atomic mass is 10.0. The van der Waals surface area contributed by atoms with Gasteiger partial charge in [0.05, 0.1) is 17.7 Å². The minimum Gasteiger partial charge on any atom is -0.480 e. The zero-order valence-corrected chi connectivity index (χ0v) is 16.0. The van der Waals surface area contributed by atoms with Crippen LogP contribution >= 0.6 is 0 Å². The van der Waals surface area contributed by atoms with Crippen molar-refractivity contribution < 1.29 is 24.5 Å². The van der Waals surface area contributed by atoms with Crippen molar-refractivity contribution in [1.29, 1.82) is 0 Å². The molecule has 3 rings (SSSR count). The van der Waals surface area contributed by atoms with Crippen LogP contribution in [0.5, 0.6) is 0 Å². The average molecular weight is 388 g/mol. The van der Waals surface area contributed by atoms with E-state index < -0.39 is 18.2 Å². The zero-order valence-electron chi connectivity index (χ0n) is 16.0. The molecule has 1 aliphatic heterocycles. The molecule has 2 N–H and O–H groups in total. The molecule has 1 aliphatic rings. The van der Waals surface area contributed by atoms with Crippen molar-refractivity contribution in [2.75, 3.05) is 44.8 Å². The maximum absolute atomic E-state index is 12.1. The van der Waals surface area contributed by atoms with Crippen LogP contribution in [0.25, 0.3) is 11.0 Å². The molecule has 2 aromatic heterocycles. The van der Waals surface area contributed by atoms with Gasteiger partial charge in [0.2, 0.25) is 5.91 Å². The number of carboxylic acid groups (broad SMARTS) is 1. The van der Waals surface area contributed by atoms with E-state index in [-0.39, 0.29) is 19.1 Å². The summed E-state index contributed by atoms with van der Waals surface area (Å²) in [4.78, 5) is 34.9. The fraction of sp³-hybridized carbons (Fsp3) is 0.474. The van der Waals surface area contributed by atoms with Gasteiger partial charge in [-0.25, -0.2) is 9.78 Å². The molecular weight excluding hydrogens is 364 g/mol. The zero-order chi connectivity index (χ0) is 20.3. The summed E-state index contributed by atoms with van der Waals surface area (Å²) < 4.78 is 4.83. The molecule has 3 heterocycles. The number of anilines is 1. The highest BCUT2D eigenvalue weighted by molar-refractivity contribution is 5.88. The maximum Gasteiger partial charge on any atom is 0.329 e. The highest BCUT2D eigenvalue weighted by atomic mass is 16.5. The van der Waals surface area contributed by atoms with Gasteiger partial charge in [0.15, 0.2) is 0 Å². The molecule has 1 saturated heterocycles. The Labute approximate surface area is 162 Å². The summed E-state index contributed by atoms with van der Waals surface area (Å²) in [7, 11) is 1.57. The Kier molecular flexibility index (Phi) is 5.76. The predicted molar refractivity (Wildman–Crippen MR) is 102 cm³/mol. The largest absolute Gasteiger partial charge is 0.480 e. The molecule has 2 aromatic rings. The topological polar surface area (TPSA) is 116 Å². The van der Waals surface area contributed by atoms with Gasteiger partial charge >= 0.3 is 5.97 Å². The van der Waals surface area contributed by atoms with Crippen molar-refractivity contribution in [3.63, 3.8) is 0 Å². The van der Waals surface area contributed by atoms with E-state index in [2.05, 4.69) is 14.9 Å². The van der Waals surface area contributed by atoms with Gasteiger partial charge in [-0.3, -0.25) is 9.78 Å². The number of β-amino-alcohol motifs (C(OH)–C–C–N with tert-alkyl or cyclic N) is 1. The fourth-order valence-electron chi connectivity index (χ4n) is 3.42. The SMILES string of the molecule is Cc1ccc2nccc(N3CC[C@@](O)(CN(C)C(=O)COCC(=O)O)C3)c2n1. The van der Waals surface area contributed by atoms with Crippen LogP contribution in [-0.4, -0.2) is 82.5 Å². The monoisotopic (exact) mass is 388 g/mol. The number of aromatic nitrogens is 2. The van der Waals surface area contributed by atoms with Crippen LogP contribution in [-0.2, 0) is 14.3 Å². The van der Waals surface area contributed by atoms with Crippen molar-refractivity contribution in [2.45, 2.75) is 18.9 Å². The van der Waals surface area contributed by atoms with Crippen LogP contribution in [0.1, 0.15) is 12.1 Å². The first-order valence-corrected chi connectivity index (χ1v) is 9.01. The number of carboxylic acids is 1. The molecular formula is C19H24N4O5. The fourth-order valence-corrected chi connectivity index (χ4v) is 3.42. The third-order valence-electron chi connectivity index (χ3n) is 4.78. The third kappa shape index (κ3) is 4.55. The first-order valence-electron chi connectivity index (χ1n) is 9.01. The second-order valence-electron chi connectivity index (χ2n) is 7.18. The number of rotatable bonds is 7. The number of hydrogen-bond donors (Lipinski definition) is 2. The van der Waals surface area contributed by atoms with E-state index in [9.17, 15) is 14.7 Å². The number of nitrogens with zero attached hydrogens (tertiary/aromatic N) is 4. The Morgan fingerprint density at radius 1 is 1.32 bits per heavy atom. The molecule has 9 nitrogen and oxygen atoms in total. The molecule has 0 spiro atoms. The van der Waals surface area contributed by atoms with Gasteiger partial charge in [-0.1, -0.05) is 0 Å². The lowest BCUT2D eigenvalue weighted by Gasteiger charge is -2.29. The van der Waals surface area contributed by atoms with Crippen molar-refractivity contribution in [3.05, 3.63) is 30.1 Å². The van der Waals surface area contributed by atoms with Crippen LogP contribution in [0, 0.1) is 6.92 Å². The third-order valence-corrected chi connectivity index (χ3v) is 4.78. The number of carbonyl (C=O) groups is 2. The van der Waals surface area contributed by atoms with E-state index in [1.54, 1.807) is 13.2 Å². The Bertz CT molecular complexity index is 890. The molecule has 1 amide bonds. The molecule has 1 fully saturated rings. The van der Waals surface area contributed by atoms with Crippen molar-refractivity contribution in [1.82, 2.24) is 14.9 Å². The van der Waals surface area contributed by atoms with Crippen LogP contribution in [0.3, 0.4) is 0 Å². The van der Waals surface area contributed by atoms with Crippen molar-refractivity contribution >= 4 is 28.6 Å². The minimum absolute atomic E-state index is 0.133. The molecule has 0 aromatic carbocycles. The molecule has 150 valence electrons. The van der Waals surface area contributed by atoms with Crippen molar-refractivity contribution in [3.8, 4) is 0 Å². The average Bonchev–Trinajstić information content (AvgIpc) is 3.02.